The Morgan fingerprint density at radius 2 is 1.65 bits per heavy atom. The van der Waals surface area contributed by atoms with Gasteiger partial charge in [-0.1, -0.05) is 63.9 Å². The van der Waals surface area contributed by atoms with Crippen molar-refractivity contribution in [1.82, 2.24) is 0 Å². The molecule has 96 valence electrons. The lowest BCUT2D eigenvalue weighted by Gasteiger charge is -2.22. The number of unbranched alkanes of at least 4 members (excludes halogenated alkanes) is 1. The van der Waals surface area contributed by atoms with Gasteiger partial charge in [-0.05, 0) is 36.4 Å². The first-order valence-electron chi connectivity index (χ1n) is 7.09. The fourth-order valence-corrected chi connectivity index (χ4v) is 4.31. The number of rotatable bonds is 8. The molecule has 17 heavy (non-hydrogen) atoms. The second-order valence-corrected chi connectivity index (χ2v) is 7.71. The molecule has 1 rings (SSSR count). The van der Waals surface area contributed by atoms with Crippen molar-refractivity contribution in [3.05, 3.63) is 35.9 Å². The van der Waals surface area contributed by atoms with Crippen molar-refractivity contribution >= 4 is 7.92 Å². The third kappa shape index (κ3) is 5.21. The second-order valence-electron chi connectivity index (χ2n) is 4.74. The Balaban J connectivity index is 2.66. The van der Waals surface area contributed by atoms with Gasteiger partial charge in [-0.25, -0.2) is 0 Å². The number of hydrogen-bond acceptors (Lipinski definition) is 0. The molecule has 0 aliphatic carbocycles. The van der Waals surface area contributed by atoms with E-state index in [-0.39, 0.29) is 7.92 Å². The largest absolute Gasteiger partial charge is 0.107 e. The Morgan fingerprint density at radius 1 is 1.00 bits per heavy atom. The van der Waals surface area contributed by atoms with Gasteiger partial charge in [0.2, 0.25) is 0 Å². The van der Waals surface area contributed by atoms with Crippen LogP contribution in [0.5, 0.6) is 0 Å². The van der Waals surface area contributed by atoms with Gasteiger partial charge in [0, 0.05) is 0 Å². The van der Waals surface area contributed by atoms with Crippen LogP contribution in [0.1, 0.15) is 51.5 Å². The molecule has 1 unspecified atom stereocenters. The molecule has 0 spiro atoms. The van der Waals surface area contributed by atoms with Gasteiger partial charge >= 0.3 is 0 Å². The van der Waals surface area contributed by atoms with Crippen molar-refractivity contribution in [2.24, 2.45) is 0 Å². The molecule has 1 atom stereocenters. The quantitative estimate of drug-likeness (QED) is 0.536. The van der Waals surface area contributed by atoms with Crippen molar-refractivity contribution in [3.63, 3.8) is 0 Å². The standard InChI is InChI=1S/C16H27P/c1-4-7-11-16(14-17(5-2)6-3)15-12-9-8-10-13-15/h8-10,12-13,16H,4-7,11,14H2,1-3H3. The molecule has 0 amide bonds. The lowest BCUT2D eigenvalue weighted by atomic mass is 9.95. The van der Waals surface area contributed by atoms with E-state index in [1.54, 1.807) is 5.56 Å². The van der Waals surface area contributed by atoms with Crippen LogP contribution in [0.3, 0.4) is 0 Å². The zero-order valence-electron chi connectivity index (χ0n) is 11.7. The normalized spacial score (nSPS) is 12.9. The van der Waals surface area contributed by atoms with Gasteiger partial charge in [0.05, 0.1) is 0 Å². The Hall–Kier alpha value is -0.350. The summed E-state index contributed by atoms with van der Waals surface area (Å²) < 4.78 is 0. The van der Waals surface area contributed by atoms with E-state index in [0.717, 1.165) is 5.92 Å². The minimum absolute atomic E-state index is 0.264. The maximum Gasteiger partial charge on any atom is -0.0123 e. The molecule has 0 saturated carbocycles. The molecule has 1 aromatic rings. The Bertz CT molecular complexity index is 277. The summed E-state index contributed by atoms with van der Waals surface area (Å²) in [5.41, 5.74) is 1.57. The maximum absolute atomic E-state index is 2.36. The average molecular weight is 250 g/mol. The minimum atomic E-state index is 0.264. The van der Waals surface area contributed by atoms with Crippen LogP contribution < -0.4 is 0 Å². The van der Waals surface area contributed by atoms with E-state index in [9.17, 15) is 0 Å². The van der Waals surface area contributed by atoms with Crippen LogP contribution in [-0.4, -0.2) is 18.5 Å². The fraction of sp³-hybridized carbons (Fsp3) is 0.625. The Labute approximate surface area is 109 Å². The highest BCUT2D eigenvalue weighted by atomic mass is 31.1. The highest BCUT2D eigenvalue weighted by Crippen LogP contribution is 2.41. The predicted molar refractivity (Wildman–Crippen MR) is 81.6 cm³/mol. The molecule has 0 saturated heterocycles. The fourth-order valence-electron chi connectivity index (χ4n) is 2.33. The van der Waals surface area contributed by atoms with E-state index >= 15 is 0 Å². The highest BCUT2D eigenvalue weighted by Gasteiger charge is 2.15. The van der Waals surface area contributed by atoms with Crippen LogP contribution in [0.15, 0.2) is 30.3 Å². The smallest absolute Gasteiger partial charge is 0.0123 e. The molecular formula is C16H27P. The van der Waals surface area contributed by atoms with Crippen molar-refractivity contribution in [1.29, 1.82) is 0 Å². The van der Waals surface area contributed by atoms with Crippen LogP contribution >= 0.6 is 7.92 Å². The molecule has 0 heterocycles. The molecule has 0 bridgehead atoms. The van der Waals surface area contributed by atoms with Crippen molar-refractivity contribution in [2.75, 3.05) is 18.5 Å². The maximum atomic E-state index is 2.36. The molecule has 0 aliphatic rings. The number of hydrogen-bond donors (Lipinski definition) is 0. The van der Waals surface area contributed by atoms with Crippen LogP contribution in [0, 0.1) is 0 Å². The van der Waals surface area contributed by atoms with Gasteiger partial charge in [-0.3, -0.25) is 0 Å². The lowest BCUT2D eigenvalue weighted by molar-refractivity contribution is 0.628. The monoisotopic (exact) mass is 250 g/mol. The van der Waals surface area contributed by atoms with Crippen molar-refractivity contribution in [2.45, 2.75) is 46.0 Å². The molecule has 0 nitrogen and oxygen atoms in total. The third-order valence-electron chi connectivity index (χ3n) is 3.55. The van der Waals surface area contributed by atoms with E-state index in [0.29, 0.717) is 0 Å². The van der Waals surface area contributed by atoms with Gasteiger partial charge in [0.25, 0.3) is 0 Å². The minimum Gasteiger partial charge on any atom is -0.107 e. The molecule has 0 fully saturated rings. The molecular weight excluding hydrogens is 223 g/mol. The summed E-state index contributed by atoms with van der Waals surface area (Å²) in [4.78, 5) is 0. The average Bonchev–Trinajstić information content (AvgIpc) is 2.40. The SMILES string of the molecule is CCCCC(CP(CC)CC)c1ccccc1. The lowest BCUT2D eigenvalue weighted by Crippen LogP contribution is -2.05. The van der Waals surface area contributed by atoms with Gasteiger partial charge in [0.1, 0.15) is 0 Å². The van der Waals surface area contributed by atoms with E-state index in [1.807, 2.05) is 0 Å². The topological polar surface area (TPSA) is 0 Å². The molecule has 1 heteroatoms. The summed E-state index contributed by atoms with van der Waals surface area (Å²) in [5.74, 6) is 0.808. The summed E-state index contributed by atoms with van der Waals surface area (Å²) >= 11 is 0. The van der Waals surface area contributed by atoms with Gasteiger partial charge < -0.3 is 0 Å². The van der Waals surface area contributed by atoms with Crippen molar-refractivity contribution in [3.8, 4) is 0 Å². The predicted octanol–water partition coefficient (Wildman–Crippen LogP) is 5.48. The van der Waals surface area contributed by atoms with Gasteiger partial charge in [0.15, 0.2) is 0 Å². The zero-order valence-corrected chi connectivity index (χ0v) is 12.5. The number of benzene rings is 1. The van der Waals surface area contributed by atoms with Crippen LogP contribution in [-0.2, 0) is 0 Å². The molecule has 0 aromatic heterocycles. The van der Waals surface area contributed by atoms with Crippen molar-refractivity contribution < 1.29 is 0 Å². The van der Waals surface area contributed by atoms with Crippen LogP contribution in [0.4, 0.5) is 0 Å². The first kappa shape index (κ1) is 14.7. The zero-order chi connectivity index (χ0) is 12.5. The summed E-state index contributed by atoms with van der Waals surface area (Å²) in [6, 6.07) is 11.1. The van der Waals surface area contributed by atoms with Crippen LogP contribution in [0.2, 0.25) is 0 Å². The summed E-state index contributed by atoms with van der Waals surface area (Å²) in [5, 5.41) is 0. The Kier molecular flexibility index (Phi) is 7.53. The Morgan fingerprint density at radius 3 is 2.18 bits per heavy atom. The first-order chi connectivity index (χ1) is 8.31. The van der Waals surface area contributed by atoms with E-state index in [1.165, 1.54) is 37.7 Å². The third-order valence-corrected chi connectivity index (χ3v) is 6.30. The van der Waals surface area contributed by atoms with Crippen LogP contribution in [0.25, 0.3) is 0 Å². The molecule has 1 aromatic carbocycles. The molecule has 0 radical (unpaired) electrons. The highest BCUT2D eigenvalue weighted by molar-refractivity contribution is 7.57. The molecule has 0 aliphatic heterocycles. The van der Waals surface area contributed by atoms with E-state index < -0.39 is 0 Å². The summed E-state index contributed by atoms with van der Waals surface area (Å²) in [6.07, 6.45) is 8.28. The van der Waals surface area contributed by atoms with E-state index in [2.05, 4.69) is 51.1 Å². The second kappa shape index (κ2) is 8.70. The van der Waals surface area contributed by atoms with Gasteiger partial charge in [-0.15, -0.1) is 7.92 Å². The molecule has 0 N–H and O–H groups in total. The van der Waals surface area contributed by atoms with Gasteiger partial charge in [-0.2, -0.15) is 0 Å². The first-order valence-corrected chi connectivity index (χ1v) is 8.98. The summed E-state index contributed by atoms with van der Waals surface area (Å²) in [7, 11) is 0.264. The summed E-state index contributed by atoms with van der Waals surface area (Å²) in [6.45, 7) is 7.01. The van der Waals surface area contributed by atoms with E-state index in [4.69, 9.17) is 0 Å².